The van der Waals surface area contributed by atoms with Gasteiger partial charge in [0.15, 0.2) is 0 Å². The van der Waals surface area contributed by atoms with Crippen molar-refractivity contribution < 1.29 is 14.3 Å². The molecule has 2 N–H and O–H groups in total. The van der Waals surface area contributed by atoms with Crippen molar-refractivity contribution in [1.82, 2.24) is 0 Å². The second kappa shape index (κ2) is 6.10. The van der Waals surface area contributed by atoms with Gasteiger partial charge in [0.1, 0.15) is 12.4 Å². The number of anilines is 1. The van der Waals surface area contributed by atoms with Crippen LogP contribution in [0, 0.1) is 6.92 Å². The Balaban J connectivity index is 2.11. The number of carbonyl (C=O) groups is 1. The van der Waals surface area contributed by atoms with E-state index in [4.69, 9.17) is 15.2 Å². The Morgan fingerprint density at radius 1 is 1.20 bits per heavy atom. The van der Waals surface area contributed by atoms with Crippen molar-refractivity contribution in [3.05, 3.63) is 59.2 Å². The van der Waals surface area contributed by atoms with Crippen molar-refractivity contribution >= 4 is 11.7 Å². The third kappa shape index (κ3) is 3.09. The third-order valence-electron chi connectivity index (χ3n) is 3.03. The predicted molar refractivity (Wildman–Crippen MR) is 77.7 cm³/mol. The second-order valence-electron chi connectivity index (χ2n) is 4.46. The van der Waals surface area contributed by atoms with E-state index in [-0.39, 0.29) is 12.6 Å². The molecule has 0 spiro atoms. The highest BCUT2D eigenvalue weighted by Crippen LogP contribution is 2.20. The molecule has 0 aromatic heterocycles. The summed E-state index contributed by atoms with van der Waals surface area (Å²) in [6, 6.07) is 12.6. The van der Waals surface area contributed by atoms with Crippen LogP contribution in [-0.2, 0) is 11.3 Å². The lowest BCUT2D eigenvalue weighted by Crippen LogP contribution is -2.08. The van der Waals surface area contributed by atoms with Crippen LogP contribution >= 0.6 is 0 Å². The first-order valence-electron chi connectivity index (χ1n) is 6.27. The zero-order chi connectivity index (χ0) is 14.5. The lowest BCUT2D eigenvalue weighted by Gasteiger charge is -2.10. The minimum atomic E-state index is -0.388. The molecule has 0 aliphatic rings. The monoisotopic (exact) mass is 271 g/mol. The van der Waals surface area contributed by atoms with E-state index in [1.807, 2.05) is 31.2 Å². The molecule has 2 aromatic rings. The van der Waals surface area contributed by atoms with Gasteiger partial charge >= 0.3 is 5.97 Å². The molecule has 0 aliphatic heterocycles. The number of hydrogen-bond acceptors (Lipinski definition) is 4. The van der Waals surface area contributed by atoms with Crippen LogP contribution in [0.2, 0.25) is 0 Å². The number of rotatable bonds is 4. The molecule has 0 radical (unpaired) electrons. The van der Waals surface area contributed by atoms with E-state index in [0.717, 1.165) is 11.1 Å². The van der Waals surface area contributed by atoms with Gasteiger partial charge in [-0.2, -0.15) is 0 Å². The highest BCUT2D eigenvalue weighted by atomic mass is 16.5. The highest BCUT2D eigenvalue weighted by molar-refractivity contribution is 5.92. The van der Waals surface area contributed by atoms with Gasteiger partial charge < -0.3 is 15.2 Å². The predicted octanol–water partition coefficient (Wildman–Crippen LogP) is 2.94. The van der Waals surface area contributed by atoms with Gasteiger partial charge in [0, 0.05) is 11.3 Å². The minimum Gasteiger partial charge on any atom is -0.496 e. The maximum absolute atomic E-state index is 12.1. The molecule has 4 heteroatoms. The van der Waals surface area contributed by atoms with Gasteiger partial charge in [-0.3, -0.25) is 0 Å². The summed E-state index contributed by atoms with van der Waals surface area (Å²) in [5, 5.41) is 0. The van der Waals surface area contributed by atoms with Gasteiger partial charge in [-0.05, 0) is 30.7 Å². The van der Waals surface area contributed by atoms with Crippen LogP contribution in [0.25, 0.3) is 0 Å². The number of esters is 1. The van der Waals surface area contributed by atoms with Crippen LogP contribution < -0.4 is 10.5 Å². The number of nitrogen functional groups attached to an aromatic ring is 1. The summed E-state index contributed by atoms with van der Waals surface area (Å²) in [4.78, 5) is 12.1. The van der Waals surface area contributed by atoms with E-state index >= 15 is 0 Å². The summed E-state index contributed by atoms with van der Waals surface area (Å²) in [5.41, 5.74) is 8.38. The Morgan fingerprint density at radius 3 is 2.70 bits per heavy atom. The summed E-state index contributed by atoms with van der Waals surface area (Å²) < 4.78 is 10.5. The van der Waals surface area contributed by atoms with Crippen LogP contribution in [-0.4, -0.2) is 13.1 Å². The van der Waals surface area contributed by atoms with E-state index in [0.29, 0.717) is 17.0 Å². The van der Waals surface area contributed by atoms with Gasteiger partial charge in [-0.15, -0.1) is 0 Å². The SMILES string of the molecule is COc1ccccc1COC(=O)c1cc(N)ccc1C. The molecule has 0 heterocycles. The fraction of sp³-hybridized carbons (Fsp3) is 0.188. The number of para-hydroxylation sites is 1. The first kappa shape index (κ1) is 13.9. The Hall–Kier alpha value is -2.49. The summed E-state index contributed by atoms with van der Waals surface area (Å²) >= 11 is 0. The first-order chi connectivity index (χ1) is 9.61. The van der Waals surface area contributed by atoms with Gasteiger partial charge in [0.2, 0.25) is 0 Å². The molecule has 20 heavy (non-hydrogen) atoms. The van der Waals surface area contributed by atoms with E-state index in [9.17, 15) is 4.79 Å². The number of methoxy groups -OCH3 is 1. The molecule has 2 rings (SSSR count). The highest BCUT2D eigenvalue weighted by Gasteiger charge is 2.12. The van der Waals surface area contributed by atoms with Crippen LogP contribution in [0.5, 0.6) is 5.75 Å². The van der Waals surface area contributed by atoms with Gasteiger partial charge in [0.05, 0.1) is 12.7 Å². The van der Waals surface area contributed by atoms with E-state index in [2.05, 4.69) is 0 Å². The normalized spacial score (nSPS) is 10.1. The summed E-state index contributed by atoms with van der Waals surface area (Å²) in [6.45, 7) is 2.01. The average molecular weight is 271 g/mol. The Morgan fingerprint density at radius 2 is 1.95 bits per heavy atom. The Kier molecular flexibility index (Phi) is 4.25. The maximum atomic E-state index is 12.1. The fourth-order valence-electron chi connectivity index (χ4n) is 1.90. The zero-order valence-corrected chi connectivity index (χ0v) is 11.6. The smallest absolute Gasteiger partial charge is 0.338 e. The summed E-state index contributed by atoms with van der Waals surface area (Å²) in [5.74, 6) is 0.310. The number of carbonyl (C=O) groups excluding carboxylic acids is 1. The lowest BCUT2D eigenvalue weighted by atomic mass is 10.1. The molecule has 2 aromatic carbocycles. The molecule has 0 amide bonds. The van der Waals surface area contributed by atoms with Crippen molar-refractivity contribution in [2.75, 3.05) is 12.8 Å². The van der Waals surface area contributed by atoms with Crippen LogP contribution in [0.1, 0.15) is 21.5 Å². The van der Waals surface area contributed by atoms with Crippen molar-refractivity contribution in [3.63, 3.8) is 0 Å². The van der Waals surface area contributed by atoms with E-state index < -0.39 is 0 Å². The van der Waals surface area contributed by atoms with Crippen LogP contribution in [0.3, 0.4) is 0 Å². The Bertz CT molecular complexity index is 623. The number of ether oxygens (including phenoxy) is 2. The quantitative estimate of drug-likeness (QED) is 0.686. The second-order valence-corrected chi connectivity index (χ2v) is 4.46. The largest absolute Gasteiger partial charge is 0.496 e. The number of benzene rings is 2. The van der Waals surface area contributed by atoms with E-state index in [1.165, 1.54) is 0 Å². The minimum absolute atomic E-state index is 0.164. The fourth-order valence-corrected chi connectivity index (χ4v) is 1.90. The molecule has 0 fully saturated rings. The molecule has 0 unspecified atom stereocenters. The number of aryl methyl sites for hydroxylation is 1. The van der Waals surface area contributed by atoms with Crippen molar-refractivity contribution in [2.24, 2.45) is 0 Å². The maximum Gasteiger partial charge on any atom is 0.338 e. The molecule has 0 saturated heterocycles. The molecule has 0 aliphatic carbocycles. The first-order valence-corrected chi connectivity index (χ1v) is 6.27. The molecule has 4 nitrogen and oxygen atoms in total. The van der Waals surface area contributed by atoms with Crippen LogP contribution in [0.15, 0.2) is 42.5 Å². The Labute approximate surface area is 118 Å². The van der Waals surface area contributed by atoms with Crippen molar-refractivity contribution in [1.29, 1.82) is 0 Å². The molecule has 0 atom stereocenters. The number of hydrogen-bond donors (Lipinski definition) is 1. The van der Waals surface area contributed by atoms with Crippen molar-refractivity contribution in [2.45, 2.75) is 13.5 Å². The van der Waals surface area contributed by atoms with Gasteiger partial charge in [-0.1, -0.05) is 24.3 Å². The van der Waals surface area contributed by atoms with Crippen LogP contribution in [0.4, 0.5) is 5.69 Å². The van der Waals surface area contributed by atoms with E-state index in [1.54, 1.807) is 25.3 Å². The van der Waals surface area contributed by atoms with Gasteiger partial charge in [0.25, 0.3) is 0 Å². The summed E-state index contributed by atoms with van der Waals surface area (Å²) in [7, 11) is 1.59. The molecule has 0 bridgehead atoms. The standard InChI is InChI=1S/C16H17NO3/c1-11-7-8-13(17)9-14(11)16(18)20-10-12-5-3-4-6-15(12)19-2/h3-9H,10,17H2,1-2H3. The van der Waals surface area contributed by atoms with Gasteiger partial charge in [-0.25, -0.2) is 4.79 Å². The third-order valence-corrected chi connectivity index (χ3v) is 3.03. The summed E-state index contributed by atoms with van der Waals surface area (Å²) in [6.07, 6.45) is 0. The average Bonchev–Trinajstić information content (AvgIpc) is 2.47. The molecule has 104 valence electrons. The molecular weight excluding hydrogens is 254 g/mol. The lowest BCUT2D eigenvalue weighted by molar-refractivity contribution is 0.0469. The topological polar surface area (TPSA) is 61.5 Å². The molecular formula is C16H17NO3. The number of nitrogens with two attached hydrogens (primary N) is 1. The zero-order valence-electron chi connectivity index (χ0n) is 11.6. The van der Waals surface area contributed by atoms with Crippen molar-refractivity contribution in [3.8, 4) is 5.75 Å². The molecule has 0 saturated carbocycles.